The number of carbonyl (C=O) groups is 2. The van der Waals surface area contributed by atoms with Crippen LogP contribution in [0.3, 0.4) is 0 Å². The molecule has 0 N–H and O–H groups in total. The van der Waals surface area contributed by atoms with Crippen LogP contribution in [0.25, 0.3) is 0 Å². The van der Waals surface area contributed by atoms with Gasteiger partial charge in [-0.15, -0.1) is 0 Å². The molecule has 0 radical (unpaired) electrons. The van der Waals surface area contributed by atoms with E-state index in [1.807, 2.05) is 31.2 Å². The summed E-state index contributed by atoms with van der Waals surface area (Å²) in [6.07, 6.45) is 2.48. The maximum absolute atomic E-state index is 12.8. The Balaban J connectivity index is 1.73. The van der Waals surface area contributed by atoms with Gasteiger partial charge in [0.25, 0.3) is 5.91 Å². The van der Waals surface area contributed by atoms with Crippen LogP contribution in [0.4, 0.5) is 5.69 Å². The van der Waals surface area contributed by atoms with Crippen LogP contribution in [0, 0.1) is 0 Å². The van der Waals surface area contributed by atoms with Crippen molar-refractivity contribution in [3.63, 3.8) is 0 Å². The third-order valence-corrected chi connectivity index (χ3v) is 4.28. The second kappa shape index (κ2) is 7.99. The second-order valence-electron chi connectivity index (χ2n) is 6.06. The highest BCUT2D eigenvalue weighted by Crippen LogP contribution is 2.27. The van der Waals surface area contributed by atoms with Crippen LogP contribution in [0.1, 0.15) is 36.2 Å². The van der Waals surface area contributed by atoms with Crippen molar-refractivity contribution in [2.75, 3.05) is 18.1 Å². The number of nitrogens with zero attached hydrogens (tertiary/aromatic N) is 2. The van der Waals surface area contributed by atoms with Gasteiger partial charge in [-0.1, -0.05) is 18.2 Å². The molecule has 2 heterocycles. The van der Waals surface area contributed by atoms with Crippen molar-refractivity contribution in [1.82, 2.24) is 4.98 Å². The minimum Gasteiger partial charge on any atom is -0.477 e. The van der Waals surface area contributed by atoms with Crippen LogP contribution < -0.4 is 9.64 Å². The number of rotatable bonds is 5. The Labute approximate surface area is 152 Å². The first kappa shape index (κ1) is 17.9. The Morgan fingerprint density at radius 3 is 2.85 bits per heavy atom. The molecule has 1 atom stereocenters. The lowest BCUT2D eigenvalue weighted by atomic mass is 10.0. The lowest BCUT2D eigenvalue weighted by Gasteiger charge is -2.31. The monoisotopic (exact) mass is 354 g/mol. The molecular formula is C20H22N2O4. The summed E-state index contributed by atoms with van der Waals surface area (Å²) in [4.78, 5) is 31.1. The molecule has 0 saturated heterocycles. The van der Waals surface area contributed by atoms with Gasteiger partial charge in [0.15, 0.2) is 6.10 Å². The fourth-order valence-electron chi connectivity index (χ4n) is 3.05. The van der Waals surface area contributed by atoms with Gasteiger partial charge in [-0.05, 0) is 50.5 Å². The van der Waals surface area contributed by atoms with Gasteiger partial charge in [0, 0.05) is 18.4 Å². The van der Waals surface area contributed by atoms with Crippen molar-refractivity contribution in [1.29, 1.82) is 0 Å². The Hall–Kier alpha value is -2.89. The van der Waals surface area contributed by atoms with Crippen molar-refractivity contribution < 1.29 is 19.1 Å². The van der Waals surface area contributed by atoms with Crippen LogP contribution in [0.15, 0.2) is 42.6 Å². The first-order valence-electron chi connectivity index (χ1n) is 8.80. The number of hydrogen-bond donors (Lipinski definition) is 0. The van der Waals surface area contributed by atoms with E-state index in [0.717, 1.165) is 24.1 Å². The van der Waals surface area contributed by atoms with E-state index in [0.29, 0.717) is 13.2 Å². The van der Waals surface area contributed by atoms with Gasteiger partial charge in [0.05, 0.1) is 6.61 Å². The quantitative estimate of drug-likeness (QED) is 0.772. The molecule has 0 bridgehead atoms. The molecule has 0 fully saturated rings. The minimum atomic E-state index is -0.900. The summed E-state index contributed by atoms with van der Waals surface area (Å²) < 4.78 is 10.8. The van der Waals surface area contributed by atoms with Gasteiger partial charge in [-0.3, -0.25) is 4.79 Å². The highest BCUT2D eigenvalue weighted by Gasteiger charge is 2.29. The SMILES string of the molecule is CCOc1ncccc1C(=O)OC(C)C(=O)N1CCCc2ccccc21. The molecule has 1 aliphatic heterocycles. The number of carbonyl (C=O) groups excluding carboxylic acids is 2. The van der Waals surface area contributed by atoms with Crippen LogP contribution in [-0.2, 0) is 16.0 Å². The van der Waals surface area contributed by atoms with E-state index in [-0.39, 0.29) is 17.4 Å². The standard InChI is InChI=1S/C20H22N2O4/c1-3-25-18-16(10-6-12-21-18)20(24)26-14(2)19(23)22-13-7-9-15-8-4-5-11-17(15)22/h4-6,8,10-12,14H,3,7,9,13H2,1-2H3. The van der Waals surface area contributed by atoms with Gasteiger partial charge in [0.2, 0.25) is 5.88 Å². The number of benzene rings is 1. The average molecular weight is 354 g/mol. The predicted octanol–water partition coefficient (Wildman–Crippen LogP) is 3.01. The summed E-state index contributed by atoms with van der Waals surface area (Å²) in [5, 5.41) is 0. The van der Waals surface area contributed by atoms with E-state index in [1.165, 1.54) is 0 Å². The van der Waals surface area contributed by atoms with Crippen molar-refractivity contribution in [3.05, 3.63) is 53.7 Å². The summed E-state index contributed by atoms with van der Waals surface area (Å²) in [5.41, 5.74) is 2.24. The van der Waals surface area contributed by atoms with E-state index < -0.39 is 12.1 Å². The van der Waals surface area contributed by atoms with E-state index in [4.69, 9.17) is 9.47 Å². The lowest BCUT2D eigenvalue weighted by molar-refractivity contribution is -0.126. The Kier molecular flexibility index (Phi) is 5.51. The van der Waals surface area contributed by atoms with E-state index in [2.05, 4.69) is 4.98 Å². The molecule has 1 aromatic heterocycles. The number of hydrogen-bond acceptors (Lipinski definition) is 5. The number of pyridine rings is 1. The molecule has 6 heteroatoms. The number of para-hydroxylation sites is 1. The maximum Gasteiger partial charge on any atom is 0.344 e. The van der Waals surface area contributed by atoms with Crippen molar-refractivity contribution >= 4 is 17.6 Å². The van der Waals surface area contributed by atoms with Gasteiger partial charge < -0.3 is 14.4 Å². The zero-order chi connectivity index (χ0) is 18.5. The average Bonchev–Trinajstić information content (AvgIpc) is 2.67. The highest BCUT2D eigenvalue weighted by atomic mass is 16.6. The van der Waals surface area contributed by atoms with Gasteiger partial charge in [0.1, 0.15) is 5.56 Å². The molecule has 0 aliphatic carbocycles. The van der Waals surface area contributed by atoms with E-state index >= 15 is 0 Å². The molecule has 6 nitrogen and oxygen atoms in total. The van der Waals surface area contributed by atoms with Crippen LogP contribution >= 0.6 is 0 Å². The molecule has 0 spiro atoms. The van der Waals surface area contributed by atoms with Crippen molar-refractivity contribution in [2.24, 2.45) is 0 Å². The first-order chi connectivity index (χ1) is 12.6. The van der Waals surface area contributed by atoms with Crippen LogP contribution in [-0.4, -0.2) is 36.1 Å². The Morgan fingerprint density at radius 2 is 2.04 bits per heavy atom. The summed E-state index contributed by atoms with van der Waals surface area (Å²) in [6.45, 7) is 4.41. The zero-order valence-corrected chi connectivity index (χ0v) is 15.0. The minimum absolute atomic E-state index is 0.211. The number of esters is 1. The molecule has 0 saturated carbocycles. The van der Waals surface area contributed by atoms with Gasteiger partial charge >= 0.3 is 5.97 Å². The van der Waals surface area contributed by atoms with Gasteiger partial charge in [-0.25, -0.2) is 9.78 Å². The number of aromatic nitrogens is 1. The second-order valence-corrected chi connectivity index (χ2v) is 6.06. The van der Waals surface area contributed by atoms with E-state index in [9.17, 15) is 9.59 Å². The maximum atomic E-state index is 12.8. The number of aryl methyl sites for hydroxylation is 1. The highest BCUT2D eigenvalue weighted by molar-refractivity contribution is 6.00. The molecular weight excluding hydrogens is 332 g/mol. The Morgan fingerprint density at radius 1 is 1.23 bits per heavy atom. The van der Waals surface area contributed by atoms with Crippen molar-refractivity contribution in [2.45, 2.75) is 32.8 Å². The number of amides is 1. The fraction of sp³-hybridized carbons (Fsp3) is 0.350. The number of fused-ring (bicyclic) bond motifs is 1. The normalized spacial score (nSPS) is 14.3. The molecule has 136 valence electrons. The Bertz CT molecular complexity index is 806. The summed E-state index contributed by atoms with van der Waals surface area (Å²) >= 11 is 0. The molecule has 2 aromatic rings. The molecule has 1 unspecified atom stereocenters. The van der Waals surface area contributed by atoms with Gasteiger partial charge in [-0.2, -0.15) is 0 Å². The van der Waals surface area contributed by atoms with Crippen LogP contribution in [0.2, 0.25) is 0 Å². The first-order valence-corrected chi connectivity index (χ1v) is 8.80. The topological polar surface area (TPSA) is 68.7 Å². The summed E-state index contributed by atoms with van der Waals surface area (Å²) in [7, 11) is 0. The number of anilines is 1. The zero-order valence-electron chi connectivity index (χ0n) is 15.0. The van der Waals surface area contributed by atoms with E-state index in [1.54, 1.807) is 30.2 Å². The molecule has 1 amide bonds. The third kappa shape index (κ3) is 3.69. The third-order valence-electron chi connectivity index (χ3n) is 4.28. The predicted molar refractivity (Wildman–Crippen MR) is 97.4 cm³/mol. The van der Waals surface area contributed by atoms with Crippen LogP contribution in [0.5, 0.6) is 5.88 Å². The fourth-order valence-corrected chi connectivity index (χ4v) is 3.05. The number of ether oxygens (including phenoxy) is 2. The summed E-state index contributed by atoms with van der Waals surface area (Å²) in [5.74, 6) is -0.636. The summed E-state index contributed by atoms with van der Waals surface area (Å²) in [6, 6.07) is 11.0. The largest absolute Gasteiger partial charge is 0.477 e. The molecule has 26 heavy (non-hydrogen) atoms. The molecule has 1 aliphatic rings. The van der Waals surface area contributed by atoms with Crippen molar-refractivity contribution in [3.8, 4) is 5.88 Å². The molecule has 3 rings (SSSR count). The smallest absolute Gasteiger partial charge is 0.344 e. The lowest BCUT2D eigenvalue weighted by Crippen LogP contribution is -2.42. The molecule has 1 aromatic carbocycles.